The first-order valence-corrected chi connectivity index (χ1v) is 8.24. The third kappa shape index (κ3) is 3.57. The first-order valence-electron chi connectivity index (χ1n) is 8.24. The Labute approximate surface area is 137 Å². The number of benzene rings is 1. The lowest BCUT2D eigenvalue weighted by Crippen LogP contribution is -2.57. The van der Waals surface area contributed by atoms with Crippen molar-refractivity contribution < 1.29 is 9.59 Å². The van der Waals surface area contributed by atoms with E-state index in [0.29, 0.717) is 26.2 Å². The van der Waals surface area contributed by atoms with Gasteiger partial charge in [-0.3, -0.25) is 4.79 Å². The highest BCUT2D eigenvalue weighted by molar-refractivity contribution is 5.76. The molecule has 2 fully saturated rings. The maximum Gasteiger partial charge on any atom is 0.320 e. The second-order valence-electron chi connectivity index (χ2n) is 6.09. The van der Waals surface area contributed by atoms with Crippen LogP contribution >= 0.6 is 0 Å². The highest BCUT2D eigenvalue weighted by Crippen LogP contribution is 2.16. The molecule has 3 amide bonds. The van der Waals surface area contributed by atoms with Crippen LogP contribution in [0.1, 0.15) is 6.92 Å². The summed E-state index contributed by atoms with van der Waals surface area (Å²) in [5.74, 6) is 0.0913. The molecule has 2 aliphatic rings. The van der Waals surface area contributed by atoms with Gasteiger partial charge < -0.3 is 19.6 Å². The average Bonchev–Trinajstić information content (AvgIpc) is 2.62. The summed E-state index contributed by atoms with van der Waals surface area (Å²) in [7, 11) is 0. The van der Waals surface area contributed by atoms with Gasteiger partial charge in [0.05, 0.1) is 0 Å². The Balaban J connectivity index is 1.50. The minimum atomic E-state index is 0.0913. The Hall–Kier alpha value is -2.24. The summed E-state index contributed by atoms with van der Waals surface area (Å²) in [6, 6.07) is 10.4. The van der Waals surface area contributed by atoms with E-state index in [4.69, 9.17) is 0 Å². The quantitative estimate of drug-likeness (QED) is 0.779. The highest BCUT2D eigenvalue weighted by Gasteiger charge is 2.28. The van der Waals surface area contributed by atoms with Gasteiger partial charge in [0, 0.05) is 65.0 Å². The summed E-state index contributed by atoms with van der Waals surface area (Å²) in [6.45, 7) is 7.37. The number of urea groups is 1. The number of nitrogens with zero attached hydrogens (tertiary/aromatic N) is 4. The predicted octanol–water partition coefficient (Wildman–Crippen LogP) is 1.09. The lowest BCUT2D eigenvalue weighted by molar-refractivity contribution is -0.130. The fraction of sp³-hybridized carbons (Fsp3) is 0.529. The van der Waals surface area contributed by atoms with Gasteiger partial charge >= 0.3 is 6.03 Å². The number of anilines is 1. The summed E-state index contributed by atoms with van der Waals surface area (Å²) >= 11 is 0. The van der Waals surface area contributed by atoms with Crippen LogP contribution in [0.5, 0.6) is 0 Å². The van der Waals surface area contributed by atoms with Crippen molar-refractivity contribution in [2.24, 2.45) is 0 Å². The van der Waals surface area contributed by atoms with Crippen LogP contribution in [0, 0.1) is 0 Å². The minimum absolute atomic E-state index is 0.0913. The molecule has 0 spiro atoms. The summed E-state index contributed by atoms with van der Waals surface area (Å²) in [6.07, 6.45) is 0. The number of hydrogen-bond donors (Lipinski definition) is 0. The second kappa shape index (κ2) is 6.89. The van der Waals surface area contributed by atoms with Gasteiger partial charge in [-0.2, -0.15) is 0 Å². The smallest absolute Gasteiger partial charge is 0.320 e. The fourth-order valence-electron chi connectivity index (χ4n) is 3.21. The van der Waals surface area contributed by atoms with Crippen LogP contribution in [0.25, 0.3) is 0 Å². The van der Waals surface area contributed by atoms with Gasteiger partial charge in [0.1, 0.15) is 0 Å². The molecule has 124 valence electrons. The monoisotopic (exact) mass is 316 g/mol. The molecule has 2 heterocycles. The van der Waals surface area contributed by atoms with Gasteiger partial charge in [-0.25, -0.2) is 4.79 Å². The zero-order valence-corrected chi connectivity index (χ0v) is 13.6. The van der Waals surface area contributed by atoms with Gasteiger partial charge in [-0.15, -0.1) is 0 Å². The molecule has 23 heavy (non-hydrogen) atoms. The molecule has 6 heteroatoms. The maximum absolute atomic E-state index is 12.6. The molecular formula is C17H24N4O2. The number of piperazine rings is 2. The van der Waals surface area contributed by atoms with Crippen molar-refractivity contribution in [2.75, 3.05) is 57.3 Å². The lowest BCUT2D eigenvalue weighted by atomic mass is 10.2. The molecular weight excluding hydrogens is 292 g/mol. The first kappa shape index (κ1) is 15.6. The van der Waals surface area contributed by atoms with Crippen LogP contribution in [0.2, 0.25) is 0 Å². The third-order valence-electron chi connectivity index (χ3n) is 4.67. The third-order valence-corrected chi connectivity index (χ3v) is 4.67. The molecule has 0 N–H and O–H groups in total. The number of para-hydroxylation sites is 1. The number of amides is 3. The van der Waals surface area contributed by atoms with Crippen LogP contribution in [0.15, 0.2) is 30.3 Å². The van der Waals surface area contributed by atoms with E-state index >= 15 is 0 Å². The molecule has 1 aromatic carbocycles. The van der Waals surface area contributed by atoms with Gasteiger partial charge in [0.25, 0.3) is 0 Å². The van der Waals surface area contributed by atoms with Crippen LogP contribution < -0.4 is 4.90 Å². The van der Waals surface area contributed by atoms with Crippen LogP contribution in [-0.4, -0.2) is 79.0 Å². The Morgan fingerprint density at radius 2 is 1.22 bits per heavy atom. The maximum atomic E-state index is 12.6. The Morgan fingerprint density at radius 1 is 0.739 bits per heavy atom. The number of rotatable bonds is 1. The zero-order valence-electron chi connectivity index (χ0n) is 13.6. The van der Waals surface area contributed by atoms with Gasteiger partial charge in [-0.05, 0) is 12.1 Å². The normalized spacial score (nSPS) is 19.0. The Kier molecular flexibility index (Phi) is 4.69. The van der Waals surface area contributed by atoms with Crippen molar-refractivity contribution in [3.8, 4) is 0 Å². The Morgan fingerprint density at radius 3 is 1.74 bits per heavy atom. The van der Waals surface area contributed by atoms with Crippen molar-refractivity contribution in [2.45, 2.75) is 6.92 Å². The van der Waals surface area contributed by atoms with Crippen molar-refractivity contribution >= 4 is 17.6 Å². The zero-order chi connectivity index (χ0) is 16.2. The predicted molar refractivity (Wildman–Crippen MR) is 89.5 cm³/mol. The highest BCUT2D eigenvalue weighted by atomic mass is 16.2. The number of hydrogen-bond acceptors (Lipinski definition) is 3. The molecule has 1 aromatic rings. The van der Waals surface area contributed by atoms with E-state index in [9.17, 15) is 9.59 Å². The molecule has 0 bridgehead atoms. The van der Waals surface area contributed by atoms with E-state index in [2.05, 4.69) is 17.0 Å². The van der Waals surface area contributed by atoms with E-state index in [-0.39, 0.29) is 11.9 Å². The van der Waals surface area contributed by atoms with Crippen molar-refractivity contribution in [1.29, 1.82) is 0 Å². The van der Waals surface area contributed by atoms with Crippen molar-refractivity contribution in [3.05, 3.63) is 30.3 Å². The van der Waals surface area contributed by atoms with Crippen LogP contribution in [0.3, 0.4) is 0 Å². The van der Waals surface area contributed by atoms with E-state index in [1.165, 1.54) is 5.69 Å². The molecule has 0 atom stereocenters. The number of carbonyl (C=O) groups excluding carboxylic acids is 2. The molecule has 2 saturated heterocycles. The Bertz CT molecular complexity index is 547. The second-order valence-corrected chi connectivity index (χ2v) is 6.09. The molecule has 6 nitrogen and oxygen atoms in total. The summed E-state index contributed by atoms with van der Waals surface area (Å²) in [5.41, 5.74) is 1.22. The first-order chi connectivity index (χ1) is 11.1. The summed E-state index contributed by atoms with van der Waals surface area (Å²) in [5, 5.41) is 0. The molecule has 3 rings (SSSR count). The topological polar surface area (TPSA) is 47.1 Å². The van der Waals surface area contributed by atoms with Crippen LogP contribution in [0.4, 0.5) is 10.5 Å². The van der Waals surface area contributed by atoms with Gasteiger partial charge in [0.15, 0.2) is 0 Å². The van der Waals surface area contributed by atoms with Crippen molar-refractivity contribution in [1.82, 2.24) is 14.7 Å². The molecule has 0 radical (unpaired) electrons. The molecule has 0 saturated carbocycles. The van der Waals surface area contributed by atoms with E-state index in [1.807, 2.05) is 28.0 Å². The average molecular weight is 316 g/mol. The van der Waals surface area contributed by atoms with E-state index < -0.39 is 0 Å². The minimum Gasteiger partial charge on any atom is -0.368 e. The summed E-state index contributed by atoms with van der Waals surface area (Å²) in [4.78, 5) is 31.9. The fourth-order valence-corrected chi connectivity index (χ4v) is 3.21. The molecule has 0 aliphatic carbocycles. The van der Waals surface area contributed by atoms with Crippen molar-refractivity contribution in [3.63, 3.8) is 0 Å². The SMILES string of the molecule is CC(=O)N1CCN(C(=O)N2CCN(c3ccccc3)CC2)CC1. The molecule has 0 aromatic heterocycles. The van der Waals surface area contributed by atoms with E-state index in [1.54, 1.807) is 11.8 Å². The molecule has 0 unspecified atom stereocenters. The lowest BCUT2D eigenvalue weighted by Gasteiger charge is -2.41. The molecule has 2 aliphatic heterocycles. The summed E-state index contributed by atoms with van der Waals surface area (Å²) < 4.78 is 0. The van der Waals surface area contributed by atoms with Gasteiger partial charge in [-0.1, -0.05) is 18.2 Å². The standard InChI is InChI=1S/C17H24N4O2/c1-15(22)18-7-11-20(12-8-18)17(23)21-13-9-19(10-14-21)16-5-3-2-4-6-16/h2-6H,7-14H2,1H3. The van der Waals surface area contributed by atoms with Gasteiger partial charge in [0.2, 0.25) is 5.91 Å². The van der Waals surface area contributed by atoms with Crippen LogP contribution in [-0.2, 0) is 4.79 Å². The number of carbonyl (C=O) groups is 2. The largest absolute Gasteiger partial charge is 0.368 e. The van der Waals surface area contributed by atoms with E-state index in [0.717, 1.165) is 26.2 Å².